The summed E-state index contributed by atoms with van der Waals surface area (Å²) in [5, 5.41) is 1.24. The van der Waals surface area contributed by atoms with E-state index in [0.717, 1.165) is 43.1 Å². The molecule has 4 rings (SSSR count). The summed E-state index contributed by atoms with van der Waals surface area (Å²) in [5.74, 6) is 1.96. The van der Waals surface area contributed by atoms with E-state index >= 15 is 0 Å². The molecule has 0 bridgehead atoms. The van der Waals surface area contributed by atoms with Crippen molar-refractivity contribution in [2.24, 2.45) is 0 Å². The topological polar surface area (TPSA) is 41.4 Å². The molecule has 1 aliphatic heterocycles. The van der Waals surface area contributed by atoms with E-state index in [1.807, 2.05) is 25.1 Å². The molecule has 124 valence electrons. The molecule has 1 N–H and O–H groups in total. The van der Waals surface area contributed by atoms with Crippen molar-refractivity contribution in [3.8, 4) is 5.75 Å². The highest BCUT2D eigenvalue weighted by Crippen LogP contribution is 2.31. The first-order chi connectivity index (χ1) is 11.8. The van der Waals surface area contributed by atoms with E-state index in [1.54, 1.807) is 6.26 Å². The summed E-state index contributed by atoms with van der Waals surface area (Å²) in [4.78, 5) is 5.78. The smallest absolute Gasteiger partial charge is 0.120 e. The lowest BCUT2D eigenvalue weighted by molar-refractivity contribution is 0.267. The minimum absolute atomic E-state index is 0.690. The molecule has 4 nitrogen and oxygen atoms in total. The van der Waals surface area contributed by atoms with Crippen LogP contribution in [-0.4, -0.2) is 29.6 Å². The van der Waals surface area contributed by atoms with Crippen LogP contribution in [0.15, 0.2) is 53.3 Å². The average Bonchev–Trinajstić information content (AvgIpc) is 3.25. The third kappa shape index (κ3) is 2.97. The highest BCUT2D eigenvalue weighted by molar-refractivity contribution is 5.93. The third-order valence-electron chi connectivity index (χ3n) is 4.56. The molecule has 0 radical (unpaired) electrons. The van der Waals surface area contributed by atoms with Crippen LogP contribution in [0.1, 0.15) is 24.7 Å². The van der Waals surface area contributed by atoms with Gasteiger partial charge in [0.25, 0.3) is 0 Å². The summed E-state index contributed by atoms with van der Waals surface area (Å²) < 4.78 is 11.1. The molecule has 1 aromatic carbocycles. The largest absolute Gasteiger partial charge is 0.494 e. The number of benzene rings is 1. The van der Waals surface area contributed by atoms with Gasteiger partial charge >= 0.3 is 0 Å². The molecule has 24 heavy (non-hydrogen) atoms. The Morgan fingerprint density at radius 2 is 2.25 bits per heavy atom. The predicted octanol–water partition coefficient (Wildman–Crippen LogP) is 4.45. The normalized spacial score (nSPS) is 15.6. The van der Waals surface area contributed by atoms with Gasteiger partial charge in [0.05, 0.1) is 19.4 Å². The number of ether oxygens (including phenoxy) is 1. The SMILES string of the molecule is CCOc1ccc2[nH]cc(C3=CCN(Cc4ccco4)CC3)c2c1. The average molecular weight is 322 g/mol. The van der Waals surface area contributed by atoms with E-state index in [9.17, 15) is 0 Å². The highest BCUT2D eigenvalue weighted by atomic mass is 16.5. The van der Waals surface area contributed by atoms with E-state index in [-0.39, 0.29) is 0 Å². The van der Waals surface area contributed by atoms with Gasteiger partial charge in [-0.1, -0.05) is 6.08 Å². The maximum absolute atomic E-state index is 5.65. The first-order valence-corrected chi connectivity index (χ1v) is 8.51. The summed E-state index contributed by atoms with van der Waals surface area (Å²) >= 11 is 0. The summed E-state index contributed by atoms with van der Waals surface area (Å²) in [5.41, 5.74) is 3.86. The van der Waals surface area contributed by atoms with Crippen molar-refractivity contribution >= 4 is 16.5 Å². The van der Waals surface area contributed by atoms with Crippen molar-refractivity contribution in [2.45, 2.75) is 19.9 Å². The molecule has 0 amide bonds. The van der Waals surface area contributed by atoms with Gasteiger partial charge in [0.15, 0.2) is 0 Å². The van der Waals surface area contributed by atoms with Crippen LogP contribution in [0.25, 0.3) is 16.5 Å². The Labute approximate surface area is 141 Å². The summed E-state index contributed by atoms with van der Waals surface area (Å²) in [6.45, 7) is 5.58. The van der Waals surface area contributed by atoms with E-state index in [0.29, 0.717) is 6.61 Å². The van der Waals surface area contributed by atoms with Crippen molar-refractivity contribution in [1.82, 2.24) is 9.88 Å². The molecule has 0 spiro atoms. The Balaban J connectivity index is 1.54. The Kier molecular flexibility index (Phi) is 4.13. The van der Waals surface area contributed by atoms with Crippen LogP contribution >= 0.6 is 0 Å². The molecule has 3 heterocycles. The lowest BCUT2D eigenvalue weighted by Gasteiger charge is -2.25. The molecule has 0 saturated carbocycles. The Morgan fingerprint density at radius 1 is 1.29 bits per heavy atom. The van der Waals surface area contributed by atoms with Gasteiger partial charge in [0.1, 0.15) is 11.5 Å². The maximum atomic E-state index is 5.65. The maximum Gasteiger partial charge on any atom is 0.120 e. The Morgan fingerprint density at radius 3 is 3.00 bits per heavy atom. The van der Waals surface area contributed by atoms with E-state index in [1.165, 1.54) is 16.5 Å². The zero-order valence-electron chi connectivity index (χ0n) is 13.9. The molecule has 0 fully saturated rings. The predicted molar refractivity (Wildman–Crippen MR) is 96.0 cm³/mol. The van der Waals surface area contributed by atoms with Gasteiger partial charge in [0, 0.05) is 35.8 Å². The standard InChI is InChI=1S/C20H22N2O2/c1-2-23-16-5-6-20-18(12-16)19(13-21-20)15-7-9-22(10-8-15)14-17-4-3-11-24-17/h3-7,11-13,21H,2,8-10,14H2,1H3. The van der Waals surface area contributed by atoms with Crippen LogP contribution in [0, 0.1) is 0 Å². The van der Waals surface area contributed by atoms with Crippen molar-refractivity contribution < 1.29 is 9.15 Å². The van der Waals surface area contributed by atoms with Crippen LogP contribution in [-0.2, 0) is 6.54 Å². The fourth-order valence-corrected chi connectivity index (χ4v) is 3.34. The van der Waals surface area contributed by atoms with Crippen LogP contribution in [0.5, 0.6) is 5.75 Å². The second-order valence-electron chi connectivity index (χ2n) is 6.14. The number of rotatable bonds is 5. The minimum Gasteiger partial charge on any atom is -0.494 e. The number of furan rings is 1. The molecular weight excluding hydrogens is 300 g/mol. The lowest BCUT2D eigenvalue weighted by Crippen LogP contribution is -2.27. The number of nitrogens with zero attached hydrogens (tertiary/aromatic N) is 1. The van der Waals surface area contributed by atoms with Crippen LogP contribution < -0.4 is 4.74 Å². The summed E-state index contributed by atoms with van der Waals surface area (Å²) in [7, 11) is 0. The summed E-state index contributed by atoms with van der Waals surface area (Å²) in [6.07, 6.45) is 7.24. The molecular formula is C20H22N2O2. The number of hydrogen-bond acceptors (Lipinski definition) is 3. The molecule has 1 aliphatic rings. The third-order valence-corrected chi connectivity index (χ3v) is 4.56. The fraction of sp³-hybridized carbons (Fsp3) is 0.300. The van der Waals surface area contributed by atoms with Crippen LogP contribution in [0.2, 0.25) is 0 Å². The Hall–Kier alpha value is -2.46. The molecule has 0 saturated heterocycles. The van der Waals surface area contributed by atoms with Gasteiger partial charge in [-0.3, -0.25) is 4.90 Å². The van der Waals surface area contributed by atoms with Crippen molar-refractivity contribution in [3.05, 3.63) is 60.2 Å². The first kappa shape index (κ1) is 15.1. The van der Waals surface area contributed by atoms with Gasteiger partial charge in [-0.15, -0.1) is 0 Å². The van der Waals surface area contributed by atoms with Gasteiger partial charge in [-0.2, -0.15) is 0 Å². The molecule has 0 aliphatic carbocycles. The van der Waals surface area contributed by atoms with E-state index < -0.39 is 0 Å². The van der Waals surface area contributed by atoms with Crippen molar-refractivity contribution in [1.29, 1.82) is 0 Å². The highest BCUT2D eigenvalue weighted by Gasteiger charge is 2.16. The van der Waals surface area contributed by atoms with Crippen molar-refractivity contribution in [2.75, 3.05) is 19.7 Å². The first-order valence-electron chi connectivity index (χ1n) is 8.51. The second kappa shape index (κ2) is 6.57. The zero-order valence-corrected chi connectivity index (χ0v) is 13.9. The number of hydrogen-bond donors (Lipinski definition) is 1. The molecule has 0 unspecified atom stereocenters. The number of H-pyrrole nitrogens is 1. The number of aromatic amines is 1. The van der Waals surface area contributed by atoms with Gasteiger partial charge in [-0.05, 0) is 49.2 Å². The van der Waals surface area contributed by atoms with E-state index in [2.05, 4.69) is 34.3 Å². The molecule has 4 heteroatoms. The Bertz CT molecular complexity index is 846. The molecule has 2 aromatic heterocycles. The lowest BCUT2D eigenvalue weighted by atomic mass is 9.99. The van der Waals surface area contributed by atoms with Crippen LogP contribution in [0.4, 0.5) is 0 Å². The van der Waals surface area contributed by atoms with Gasteiger partial charge < -0.3 is 14.1 Å². The monoisotopic (exact) mass is 322 g/mol. The number of fused-ring (bicyclic) bond motifs is 1. The van der Waals surface area contributed by atoms with Gasteiger partial charge in [0.2, 0.25) is 0 Å². The minimum atomic E-state index is 0.690. The molecule has 3 aromatic rings. The second-order valence-corrected chi connectivity index (χ2v) is 6.14. The number of aromatic nitrogens is 1. The van der Waals surface area contributed by atoms with Gasteiger partial charge in [-0.25, -0.2) is 0 Å². The number of nitrogens with one attached hydrogen (secondary N) is 1. The summed E-state index contributed by atoms with van der Waals surface area (Å²) in [6, 6.07) is 10.2. The fourth-order valence-electron chi connectivity index (χ4n) is 3.34. The van der Waals surface area contributed by atoms with E-state index in [4.69, 9.17) is 9.15 Å². The quantitative estimate of drug-likeness (QED) is 0.754. The molecule has 0 atom stereocenters. The van der Waals surface area contributed by atoms with Crippen LogP contribution in [0.3, 0.4) is 0 Å². The van der Waals surface area contributed by atoms with Crippen molar-refractivity contribution in [3.63, 3.8) is 0 Å². The zero-order chi connectivity index (χ0) is 16.4.